The molecule has 0 heterocycles. The maximum atomic E-state index is 12.1. The first-order valence-electron chi connectivity index (χ1n) is 5.73. The number of aromatic hydroxyl groups is 1. The van der Waals surface area contributed by atoms with Crippen LogP contribution in [0.15, 0.2) is 18.2 Å². The van der Waals surface area contributed by atoms with E-state index in [-0.39, 0.29) is 17.2 Å². The summed E-state index contributed by atoms with van der Waals surface area (Å²) in [6, 6.07) is 4.67. The second-order valence-electron chi connectivity index (χ2n) is 4.41. The summed E-state index contributed by atoms with van der Waals surface area (Å²) in [7, 11) is 7.13. The minimum Gasteiger partial charge on any atom is -0.507 e. The van der Waals surface area contributed by atoms with Gasteiger partial charge in [0, 0.05) is 26.2 Å². The lowest BCUT2D eigenvalue weighted by atomic mass is 10.1. The minimum absolute atomic E-state index is 0.0592. The summed E-state index contributed by atoms with van der Waals surface area (Å²) >= 11 is 0. The van der Waals surface area contributed by atoms with E-state index in [4.69, 9.17) is 4.74 Å². The number of hydrogen-bond acceptors (Lipinski definition) is 4. The number of carbonyl (C=O) groups is 1. The lowest BCUT2D eigenvalue weighted by molar-refractivity contribution is 0.0783. The lowest BCUT2D eigenvalue weighted by Crippen LogP contribution is -2.33. The zero-order valence-electron chi connectivity index (χ0n) is 11.3. The Morgan fingerprint density at radius 3 is 2.44 bits per heavy atom. The number of amides is 1. The molecule has 0 saturated heterocycles. The molecule has 0 aromatic heterocycles. The number of methoxy groups -OCH3 is 1. The highest BCUT2D eigenvalue weighted by Crippen LogP contribution is 2.24. The number of phenols is 1. The van der Waals surface area contributed by atoms with Crippen molar-refractivity contribution in [1.82, 2.24) is 9.80 Å². The second kappa shape index (κ2) is 6.26. The number of hydrogen-bond donors (Lipinski definition) is 1. The standard InChI is InChI=1S/C13H20N2O3/c1-14(2)7-8-15(3)13(17)11-6-5-10(18-4)9-12(11)16/h5-6,9,16H,7-8H2,1-4H3. The number of benzene rings is 1. The maximum Gasteiger partial charge on any atom is 0.257 e. The highest BCUT2D eigenvalue weighted by molar-refractivity contribution is 5.96. The van der Waals surface area contributed by atoms with Crippen LogP contribution in [0.4, 0.5) is 0 Å². The third-order valence-corrected chi connectivity index (χ3v) is 2.66. The zero-order valence-corrected chi connectivity index (χ0v) is 11.3. The number of phenolic OH excluding ortho intramolecular Hbond substituents is 1. The van der Waals surface area contributed by atoms with Crippen LogP contribution in [0.2, 0.25) is 0 Å². The van der Waals surface area contributed by atoms with Crippen molar-refractivity contribution in [3.8, 4) is 11.5 Å². The van der Waals surface area contributed by atoms with E-state index in [1.807, 2.05) is 19.0 Å². The first kappa shape index (κ1) is 14.3. The van der Waals surface area contributed by atoms with Gasteiger partial charge in [0.1, 0.15) is 11.5 Å². The molecule has 5 nitrogen and oxygen atoms in total. The molecule has 1 N–H and O–H groups in total. The van der Waals surface area contributed by atoms with Gasteiger partial charge in [-0.25, -0.2) is 0 Å². The van der Waals surface area contributed by atoms with Crippen molar-refractivity contribution in [3.63, 3.8) is 0 Å². The van der Waals surface area contributed by atoms with Crippen LogP contribution in [-0.4, -0.2) is 62.2 Å². The number of rotatable bonds is 5. The van der Waals surface area contributed by atoms with Gasteiger partial charge in [-0.1, -0.05) is 0 Å². The molecule has 0 bridgehead atoms. The third-order valence-electron chi connectivity index (χ3n) is 2.66. The quantitative estimate of drug-likeness (QED) is 0.850. The monoisotopic (exact) mass is 252 g/mol. The van der Waals surface area contributed by atoms with E-state index in [1.165, 1.54) is 13.2 Å². The van der Waals surface area contributed by atoms with E-state index < -0.39 is 0 Å². The Morgan fingerprint density at radius 1 is 1.28 bits per heavy atom. The summed E-state index contributed by atoms with van der Waals surface area (Å²) in [5.74, 6) is 0.271. The van der Waals surface area contributed by atoms with E-state index in [0.29, 0.717) is 12.3 Å². The average molecular weight is 252 g/mol. The van der Waals surface area contributed by atoms with Crippen molar-refractivity contribution < 1.29 is 14.6 Å². The van der Waals surface area contributed by atoms with E-state index >= 15 is 0 Å². The van der Waals surface area contributed by atoms with Crippen LogP contribution in [0.5, 0.6) is 11.5 Å². The van der Waals surface area contributed by atoms with Crippen molar-refractivity contribution in [2.45, 2.75) is 0 Å². The molecule has 0 atom stereocenters. The Bertz CT molecular complexity index is 419. The van der Waals surface area contributed by atoms with Gasteiger partial charge in [-0.05, 0) is 26.2 Å². The van der Waals surface area contributed by atoms with Gasteiger partial charge in [0.25, 0.3) is 5.91 Å². The van der Waals surface area contributed by atoms with Crippen LogP contribution >= 0.6 is 0 Å². The van der Waals surface area contributed by atoms with Crippen molar-refractivity contribution in [3.05, 3.63) is 23.8 Å². The highest BCUT2D eigenvalue weighted by Gasteiger charge is 2.16. The van der Waals surface area contributed by atoms with E-state index in [1.54, 1.807) is 24.1 Å². The molecule has 1 amide bonds. The van der Waals surface area contributed by atoms with Gasteiger partial charge in [0.05, 0.1) is 12.7 Å². The first-order valence-corrected chi connectivity index (χ1v) is 5.73. The van der Waals surface area contributed by atoms with Crippen LogP contribution in [0.1, 0.15) is 10.4 Å². The zero-order chi connectivity index (χ0) is 13.7. The summed E-state index contributed by atoms with van der Waals surface area (Å²) in [5.41, 5.74) is 0.289. The molecule has 0 aliphatic rings. The van der Waals surface area contributed by atoms with Gasteiger partial charge < -0.3 is 19.6 Å². The van der Waals surface area contributed by atoms with Crippen LogP contribution < -0.4 is 4.74 Å². The number of carbonyl (C=O) groups excluding carboxylic acids is 1. The molecular formula is C13H20N2O3. The summed E-state index contributed by atoms with van der Waals surface area (Å²) in [4.78, 5) is 15.7. The van der Waals surface area contributed by atoms with Crippen LogP contribution in [0.25, 0.3) is 0 Å². The van der Waals surface area contributed by atoms with Gasteiger partial charge in [-0.15, -0.1) is 0 Å². The summed E-state index contributed by atoms with van der Waals surface area (Å²) in [6.07, 6.45) is 0. The smallest absolute Gasteiger partial charge is 0.257 e. The molecule has 0 spiro atoms. The minimum atomic E-state index is -0.197. The Labute approximate surface area is 108 Å². The molecule has 0 aliphatic heterocycles. The normalized spacial score (nSPS) is 10.5. The Morgan fingerprint density at radius 2 is 1.94 bits per heavy atom. The summed E-state index contributed by atoms with van der Waals surface area (Å²) in [6.45, 7) is 1.39. The van der Waals surface area contributed by atoms with Gasteiger partial charge in [0.15, 0.2) is 0 Å². The lowest BCUT2D eigenvalue weighted by Gasteiger charge is -2.20. The van der Waals surface area contributed by atoms with Crippen molar-refractivity contribution >= 4 is 5.91 Å². The van der Waals surface area contributed by atoms with Crippen LogP contribution in [0.3, 0.4) is 0 Å². The number of likely N-dealkylation sites (N-methyl/N-ethyl adjacent to an activating group) is 2. The molecule has 1 rings (SSSR count). The molecular weight excluding hydrogens is 232 g/mol. The topological polar surface area (TPSA) is 53.0 Å². The van der Waals surface area contributed by atoms with Gasteiger partial charge in [0.2, 0.25) is 0 Å². The fourth-order valence-corrected chi connectivity index (χ4v) is 1.48. The predicted octanol–water partition coefficient (Wildman–Crippen LogP) is 1.03. The van der Waals surface area contributed by atoms with E-state index in [0.717, 1.165) is 6.54 Å². The molecule has 5 heteroatoms. The van der Waals surface area contributed by atoms with E-state index in [2.05, 4.69) is 0 Å². The Balaban J connectivity index is 2.77. The number of ether oxygens (including phenoxy) is 1. The highest BCUT2D eigenvalue weighted by atomic mass is 16.5. The van der Waals surface area contributed by atoms with Gasteiger partial charge >= 0.3 is 0 Å². The fourth-order valence-electron chi connectivity index (χ4n) is 1.48. The van der Waals surface area contributed by atoms with Crippen molar-refractivity contribution in [2.24, 2.45) is 0 Å². The molecule has 0 fully saturated rings. The average Bonchev–Trinajstić information content (AvgIpc) is 2.34. The second-order valence-corrected chi connectivity index (χ2v) is 4.41. The van der Waals surface area contributed by atoms with Crippen LogP contribution in [0, 0.1) is 0 Å². The molecule has 1 aromatic rings. The van der Waals surface area contributed by atoms with Gasteiger partial charge in [-0.3, -0.25) is 4.79 Å². The van der Waals surface area contributed by atoms with Gasteiger partial charge in [-0.2, -0.15) is 0 Å². The maximum absolute atomic E-state index is 12.1. The SMILES string of the molecule is COc1ccc(C(=O)N(C)CCN(C)C)c(O)c1. The Hall–Kier alpha value is -1.75. The number of nitrogens with zero attached hydrogens (tertiary/aromatic N) is 2. The van der Waals surface area contributed by atoms with E-state index in [9.17, 15) is 9.90 Å². The molecule has 0 saturated carbocycles. The van der Waals surface area contributed by atoms with Crippen molar-refractivity contribution in [2.75, 3.05) is 41.3 Å². The van der Waals surface area contributed by atoms with Crippen LogP contribution in [-0.2, 0) is 0 Å². The molecule has 0 unspecified atom stereocenters. The fraction of sp³-hybridized carbons (Fsp3) is 0.462. The molecule has 0 radical (unpaired) electrons. The molecule has 18 heavy (non-hydrogen) atoms. The summed E-state index contributed by atoms with van der Waals surface area (Å²) in [5, 5.41) is 9.78. The first-order chi connectivity index (χ1) is 8.45. The largest absolute Gasteiger partial charge is 0.507 e. The molecule has 0 aliphatic carbocycles. The molecule has 1 aromatic carbocycles. The third kappa shape index (κ3) is 3.63. The summed E-state index contributed by atoms with van der Waals surface area (Å²) < 4.78 is 4.98. The molecule has 100 valence electrons. The predicted molar refractivity (Wildman–Crippen MR) is 70.2 cm³/mol. The Kier molecular flexibility index (Phi) is 4.97. The van der Waals surface area contributed by atoms with Crippen molar-refractivity contribution in [1.29, 1.82) is 0 Å².